The maximum atomic E-state index is 11.5. The van der Waals surface area contributed by atoms with Gasteiger partial charge in [0.1, 0.15) is 0 Å². The first-order valence-electron chi connectivity index (χ1n) is 6.72. The van der Waals surface area contributed by atoms with Crippen molar-refractivity contribution in [2.24, 2.45) is 0 Å². The first-order valence-corrected chi connectivity index (χ1v) is 6.72. The van der Waals surface area contributed by atoms with Crippen molar-refractivity contribution in [2.75, 3.05) is 20.8 Å². The number of carbonyl (C=O) groups excluding carboxylic acids is 1. The normalized spacial score (nSPS) is 10.3. The molecular weight excluding hydrogens is 254 g/mol. The zero-order chi connectivity index (χ0) is 14.8. The molecule has 1 rings (SSSR count). The predicted molar refractivity (Wildman–Crippen MR) is 78.9 cm³/mol. The monoisotopic (exact) mass is 277 g/mol. The largest absolute Gasteiger partial charge is 0.372 e. The second-order valence-electron chi connectivity index (χ2n) is 4.66. The van der Waals surface area contributed by atoms with Gasteiger partial charge in [-0.2, -0.15) is 0 Å². The number of hydroxylamine groups is 2. The van der Waals surface area contributed by atoms with Gasteiger partial charge in [-0.1, -0.05) is 42.5 Å². The molecule has 1 aromatic carbocycles. The van der Waals surface area contributed by atoms with Crippen molar-refractivity contribution in [1.82, 2.24) is 5.06 Å². The molecule has 20 heavy (non-hydrogen) atoms. The summed E-state index contributed by atoms with van der Waals surface area (Å²) >= 11 is 0. The third-order valence-electron chi connectivity index (χ3n) is 2.96. The highest BCUT2D eigenvalue weighted by Crippen LogP contribution is 2.09. The number of carbonyl (C=O) groups is 1. The maximum Gasteiger partial charge on any atom is 0.245 e. The van der Waals surface area contributed by atoms with E-state index in [0.717, 1.165) is 24.0 Å². The lowest BCUT2D eigenvalue weighted by Gasteiger charge is -2.13. The molecule has 0 aliphatic rings. The molecule has 0 heterocycles. The highest BCUT2D eigenvalue weighted by atomic mass is 16.7. The van der Waals surface area contributed by atoms with E-state index >= 15 is 0 Å². The Morgan fingerprint density at radius 1 is 1.25 bits per heavy atom. The van der Waals surface area contributed by atoms with Gasteiger partial charge in [0.05, 0.1) is 20.3 Å². The van der Waals surface area contributed by atoms with Crippen LogP contribution in [0.1, 0.15) is 24.8 Å². The van der Waals surface area contributed by atoms with Crippen molar-refractivity contribution in [3.8, 4) is 0 Å². The quantitative estimate of drug-likeness (QED) is 0.514. The van der Waals surface area contributed by atoms with E-state index in [2.05, 4.69) is 6.58 Å². The minimum Gasteiger partial charge on any atom is -0.372 e. The van der Waals surface area contributed by atoms with Crippen LogP contribution in [0.3, 0.4) is 0 Å². The van der Waals surface area contributed by atoms with E-state index in [4.69, 9.17) is 9.57 Å². The van der Waals surface area contributed by atoms with E-state index in [1.54, 1.807) is 7.05 Å². The molecule has 0 fully saturated rings. The van der Waals surface area contributed by atoms with Crippen LogP contribution in [0.2, 0.25) is 0 Å². The summed E-state index contributed by atoms with van der Waals surface area (Å²) < 4.78 is 5.59. The molecule has 0 spiro atoms. The molecule has 110 valence electrons. The van der Waals surface area contributed by atoms with Gasteiger partial charge in [0.25, 0.3) is 0 Å². The highest BCUT2D eigenvalue weighted by Gasteiger charge is 2.07. The fraction of sp³-hybridized carbons (Fsp3) is 0.438. The van der Waals surface area contributed by atoms with Gasteiger partial charge in [0.15, 0.2) is 0 Å². The summed E-state index contributed by atoms with van der Waals surface area (Å²) in [5.41, 5.74) is 2.16. The Labute approximate surface area is 120 Å². The highest BCUT2D eigenvalue weighted by molar-refractivity contribution is 5.74. The fourth-order valence-electron chi connectivity index (χ4n) is 1.71. The Hall–Kier alpha value is -1.65. The standard InChI is InChI=1S/C16H23NO3/c1-14(8-7-11-16(18)17(2)19-3)12-20-13-15-9-5-4-6-10-15/h4-6,9-10H,1,7-8,11-13H2,2-3H3. The van der Waals surface area contributed by atoms with Crippen molar-refractivity contribution in [1.29, 1.82) is 0 Å². The van der Waals surface area contributed by atoms with Crippen LogP contribution in [0.15, 0.2) is 42.5 Å². The van der Waals surface area contributed by atoms with Gasteiger partial charge in [-0.05, 0) is 18.4 Å². The topological polar surface area (TPSA) is 38.8 Å². The van der Waals surface area contributed by atoms with Crippen molar-refractivity contribution in [3.05, 3.63) is 48.0 Å². The first-order chi connectivity index (χ1) is 9.63. The van der Waals surface area contributed by atoms with Crippen LogP contribution in [-0.4, -0.2) is 31.7 Å². The zero-order valence-corrected chi connectivity index (χ0v) is 12.3. The lowest BCUT2D eigenvalue weighted by atomic mass is 10.1. The number of hydrogen-bond donors (Lipinski definition) is 0. The Kier molecular flexibility index (Phi) is 7.62. The van der Waals surface area contributed by atoms with Crippen LogP contribution >= 0.6 is 0 Å². The Morgan fingerprint density at radius 2 is 1.95 bits per heavy atom. The minimum absolute atomic E-state index is 0.0227. The second kappa shape index (κ2) is 9.28. The van der Waals surface area contributed by atoms with Crippen LogP contribution in [-0.2, 0) is 21.0 Å². The van der Waals surface area contributed by atoms with Gasteiger partial charge in [0, 0.05) is 13.5 Å². The van der Waals surface area contributed by atoms with E-state index in [-0.39, 0.29) is 5.91 Å². The number of benzene rings is 1. The molecule has 0 N–H and O–H groups in total. The smallest absolute Gasteiger partial charge is 0.245 e. The molecule has 0 bridgehead atoms. The number of amides is 1. The Balaban J connectivity index is 2.10. The number of hydrogen-bond acceptors (Lipinski definition) is 3. The second-order valence-corrected chi connectivity index (χ2v) is 4.66. The molecule has 0 aliphatic carbocycles. The van der Waals surface area contributed by atoms with E-state index in [1.165, 1.54) is 12.2 Å². The Bertz CT molecular complexity index is 417. The van der Waals surface area contributed by atoms with Crippen molar-refractivity contribution in [3.63, 3.8) is 0 Å². The molecule has 4 nitrogen and oxygen atoms in total. The summed E-state index contributed by atoms with van der Waals surface area (Å²) in [6.07, 6.45) is 2.01. The van der Waals surface area contributed by atoms with Crippen LogP contribution in [0, 0.1) is 0 Å². The molecule has 0 saturated carbocycles. The van der Waals surface area contributed by atoms with E-state index in [1.807, 2.05) is 30.3 Å². The average molecular weight is 277 g/mol. The van der Waals surface area contributed by atoms with E-state index in [9.17, 15) is 4.79 Å². The molecular formula is C16H23NO3. The van der Waals surface area contributed by atoms with Crippen molar-refractivity contribution >= 4 is 5.91 Å². The van der Waals surface area contributed by atoms with Crippen LogP contribution in [0.5, 0.6) is 0 Å². The summed E-state index contributed by atoms with van der Waals surface area (Å²) in [6, 6.07) is 10.0. The number of ether oxygens (including phenoxy) is 1. The van der Waals surface area contributed by atoms with Gasteiger partial charge >= 0.3 is 0 Å². The lowest BCUT2D eigenvalue weighted by Crippen LogP contribution is -2.24. The van der Waals surface area contributed by atoms with Crippen LogP contribution in [0.4, 0.5) is 0 Å². The summed E-state index contributed by atoms with van der Waals surface area (Å²) in [7, 11) is 3.09. The first kappa shape index (κ1) is 16.4. The average Bonchev–Trinajstić information content (AvgIpc) is 2.47. The number of nitrogens with zero attached hydrogens (tertiary/aromatic N) is 1. The summed E-state index contributed by atoms with van der Waals surface area (Å²) in [4.78, 5) is 16.3. The molecule has 0 saturated heterocycles. The van der Waals surface area contributed by atoms with Crippen LogP contribution < -0.4 is 0 Å². The van der Waals surface area contributed by atoms with Crippen LogP contribution in [0.25, 0.3) is 0 Å². The SMILES string of the molecule is C=C(CCCC(=O)N(C)OC)COCc1ccccc1. The Morgan fingerprint density at radius 3 is 2.60 bits per heavy atom. The minimum atomic E-state index is -0.0227. The van der Waals surface area contributed by atoms with Gasteiger partial charge in [-0.25, -0.2) is 5.06 Å². The van der Waals surface area contributed by atoms with Crippen molar-refractivity contribution in [2.45, 2.75) is 25.9 Å². The van der Waals surface area contributed by atoms with E-state index < -0.39 is 0 Å². The molecule has 4 heteroatoms. The van der Waals surface area contributed by atoms with Gasteiger partial charge in [-0.15, -0.1) is 0 Å². The molecule has 0 atom stereocenters. The summed E-state index contributed by atoms with van der Waals surface area (Å²) in [5, 5.41) is 1.24. The van der Waals surface area contributed by atoms with E-state index in [0.29, 0.717) is 19.6 Å². The predicted octanol–water partition coefficient (Wildman–Crippen LogP) is 2.95. The third-order valence-corrected chi connectivity index (χ3v) is 2.96. The molecule has 1 amide bonds. The molecule has 0 radical (unpaired) electrons. The molecule has 0 unspecified atom stereocenters. The molecule has 0 aromatic heterocycles. The van der Waals surface area contributed by atoms with Gasteiger partial charge in [-0.3, -0.25) is 9.63 Å². The van der Waals surface area contributed by atoms with Gasteiger partial charge < -0.3 is 4.74 Å². The fourth-order valence-corrected chi connectivity index (χ4v) is 1.71. The molecule has 0 aliphatic heterocycles. The van der Waals surface area contributed by atoms with Gasteiger partial charge in [0.2, 0.25) is 5.91 Å². The van der Waals surface area contributed by atoms with Crippen molar-refractivity contribution < 1.29 is 14.4 Å². The molecule has 1 aromatic rings. The number of rotatable bonds is 9. The summed E-state index contributed by atoms with van der Waals surface area (Å²) in [6.45, 7) is 5.09. The summed E-state index contributed by atoms with van der Waals surface area (Å²) in [5.74, 6) is -0.0227. The maximum absolute atomic E-state index is 11.5. The third kappa shape index (κ3) is 6.50. The zero-order valence-electron chi connectivity index (χ0n) is 12.3. The lowest BCUT2D eigenvalue weighted by molar-refractivity contribution is -0.168.